The number of hydrogen-bond acceptors (Lipinski definition) is 3. The van der Waals surface area contributed by atoms with E-state index in [0.717, 1.165) is 35.1 Å². The number of rotatable bonds is 7. The van der Waals surface area contributed by atoms with Crippen LogP contribution in [0.4, 0.5) is 0 Å². The molecule has 0 fully saturated rings. The van der Waals surface area contributed by atoms with Crippen LogP contribution >= 0.6 is 11.6 Å². The summed E-state index contributed by atoms with van der Waals surface area (Å²) in [4.78, 5) is 11.8. The molecule has 1 heterocycles. The monoisotopic (exact) mass is 376 g/mol. The van der Waals surface area contributed by atoms with Gasteiger partial charge in [0.1, 0.15) is 0 Å². The number of benzene rings is 1. The van der Waals surface area contributed by atoms with E-state index in [1.54, 1.807) is 0 Å². The molecule has 0 saturated carbocycles. The quantitative estimate of drug-likeness (QED) is 0.727. The molecule has 1 aromatic carbocycles. The maximum Gasteiger partial charge on any atom is 0.225 e. The first-order valence-corrected chi connectivity index (χ1v) is 9.33. The fourth-order valence-electron chi connectivity index (χ4n) is 2.67. The molecule has 0 aliphatic heterocycles. The molecule has 1 aromatic heterocycles. The van der Waals surface area contributed by atoms with E-state index in [1.165, 1.54) is 5.56 Å². The van der Waals surface area contributed by atoms with E-state index in [2.05, 4.69) is 22.7 Å². The summed E-state index contributed by atoms with van der Waals surface area (Å²) in [6.07, 6.45) is 0. The normalized spacial score (nSPS) is 11.6. The third kappa shape index (κ3) is 5.32. The molecule has 0 bridgehead atoms. The average Bonchev–Trinajstić information content (AvgIpc) is 2.82. The first-order valence-electron chi connectivity index (χ1n) is 8.95. The highest BCUT2D eigenvalue weighted by molar-refractivity contribution is 6.31. The lowest BCUT2D eigenvalue weighted by Gasteiger charge is -2.17. The second-order valence-corrected chi connectivity index (χ2v) is 7.99. The minimum absolute atomic E-state index is 0.0687. The molecule has 1 amide bonds. The molecule has 5 nitrogen and oxygen atoms in total. The third-order valence-corrected chi connectivity index (χ3v) is 4.75. The van der Waals surface area contributed by atoms with Crippen molar-refractivity contribution in [3.8, 4) is 0 Å². The molecular formula is C20H29ClN4O. The number of carbonyl (C=O) groups is 1. The number of carbonyl (C=O) groups excluding carboxylic acids is 1. The Hall–Kier alpha value is -1.85. The summed E-state index contributed by atoms with van der Waals surface area (Å²) in [6, 6.07) is 7.84. The number of aryl methyl sites for hydroxylation is 1. The molecule has 0 spiro atoms. The molecule has 0 aliphatic carbocycles. The van der Waals surface area contributed by atoms with Crippen LogP contribution in [0.2, 0.25) is 5.02 Å². The van der Waals surface area contributed by atoms with Crippen molar-refractivity contribution in [3.05, 3.63) is 51.8 Å². The highest BCUT2D eigenvalue weighted by Crippen LogP contribution is 2.19. The summed E-state index contributed by atoms with van der Waals surface area (Å²) in [5, 5.41) is 11.7. The van der Waals surface area contributed by atoms with Gasteiger partial charge in [-0.3, -0.25) is 9.48 Å². The van der Waals surface area contributed by atoms with Gasteiger partial charge in [0, 0.05) is 41.3 Å². The highest BCUT2D eigenvalue weighted by atomic mass is 35.5. The lowest BCUT2D eigenvalue weighted by molar-refractivity contribution is -0.128. The highest BCUT2D eigenvalue weighted by Gasteiger charge is 2.20. The van der Waals surface area contributed by atoms with Gasteiger partial charge < -0.3 is 10.6 Å². The zero-order chi connectivity index (χ0) is 19.3. The fourth-order valence-corrected chi connectivity index (χ4v) is 2.87. The van der Waals surface area contributed by atoms with Gasteiger partial charge in [0.25, 0.3) is 0 Å². The topological polar surface area (TPSA) is 59.0 Å². The number of amides is 1. The van der Waals surface area contributed by atoms with Gasteiger partial charge in [-0.15, -0.1) is 0 Å². The predicted octanol–water partition coefficient (Wildman–Crippen LogP) is 3.45. The molecule has 0 atom stereocenters. The van der Waals surface area contributed by atoms with E-state index in [1.807, 2.05) is 56.6 Å². The number of hydrogen-bond donors (Lipinski definition) is 2. The van der Waals surface area contributed by atoms with E-state index < -0.39 is 0 Å². The van der Waals surface area contributed by atoms with Crippen LogP contribution in [-0.2, 0) is 17.9 Å². The van der Waals surface area contributed by atoms with Crippen molar-refractivity contribution < 1.29 is 4.79 Å². The van der Waals surface area contributed by atoms with Crippen LogP contribution < -0.4 is 10.6 Å². The van der Waals surface area contributed by atoms with Crippen LogP contribution in [0, 0.1) is 19.3 Å². The molecule has 0 unspecified atom stereocenters. The Kier molecular flexibility index (Phi) is 6.84. The second kappa shape index (κ2) is 8.69. The van der Waals surface area contributed by atoms with Gasteiger partial charge in [0.05, 0.1) is 12.2 Å². The SMILES string of the molecule is Cc1nn(Cc2ccccc2Cl)c(C)c1CNCCNC(=O)C(C)(C)C. The Morgan fingerprint density at radius 2 is 1.88 bits per heavy atom. The van der Waals surface area contributed by atoms with E-state index >= 15 is 0 Å². The summed E-state index contributed by atoms with van der Waals surface area (Å²) >= 11 is 6.26. The van der Waals surface area contributed by atoms with Crippen molar-refractivity contribution in [2.75, 3.05) is 13.1 Å². The predicted molar refractivity (Wildman–Crippen MR) is 106 cm³/mol. The summed E-state index contributed by atoms with van der Waals surface area (Å²) in [6.45, 7) is 12.6. The smallest absolute Gasteiger partial charge is 0.225 e. The van der Waals surface area contributed by atoms with Crippen molar-refractivity contribution in [3.63, 3.8) is 0 Å². The Bertz CT molecular complexity index is 762. The molecule has 26 heavy (non-hydrogen) atoms. The zero-order valence-corrected chi connectivity index (χ0v) is 17.1. The van der Waals surface area contributed by atoms with Gasteiger partial charge >= 0.3 is 0 Å². The number of nitrogens with zero attached hydrogens (tertiary/aromatic N) is 2. The molecule has 142 valence electrons. The summed E-state index contributed by atoms with van der Waals surface area (Å²) in [7, 11) is 0. The van der Waals surface area contributed by atoms with Gasteiger partial charge in [-0.05, 0) is 25.5 Å². The Balaban J connectivity index is 1.90. The summed E-state index contributed by atoms with van der Waals surface area (Å²) < 4.78 is 1.99. The van der Waals surface area contributed by atoms with E-state index in [9.17, 15) is 4.79 Å². The van der Waals surface area contributed by atoms with Crippen LogP contribution in [-0.4, -0.2) is 28.8 Å². The summed E-state index contributed by atoms with van der Waals surface area (Å²) in [5.41, 5.74) is 4.05. The van der Waals surface area contributed by atoms with Crippen molar-refractivity contribution in [1.29, 1.82) is 0 Å². The third-order valence-electron chi connectivity index (χ3n) is 4.38. The first kappa shape index (κ1) is 20.5. The van der Waals surface area contributed by atoms with Crippen molar-refractivity contribution in [2.45, 2.75) is 47.7 Å². The minimum atomic E-state index is -0.354. The van der Waals surface area contributed by atoms with E-state index in [4.69, 9.17) is 11.6 Å². The first-order chi connectivity index (χ1) is 12.2. The Morgan fingerprint density at radius 3 is 2.54 bits per heavy atom. The second-order valence-electron chi connectivity index (χ2n) is 7.58. The van der Waals surface area contributed by atoms with Gasteiger partial charge in [-0.1, -0.05) is 50.6 Å². The maximum atomic E-state index is 11.8. The minimum Gasteiger partial charge on any atom is -0.354 e. The van der Waals surface area contributed by atoms with Crippen LogP contribution in [0.15, 0.2) is 24.3 Å². The molecule has 0 aliphatic rings. The summed E-state index contributed by atoms with van der Waals surface area (Å²) in [5.74, 6) is 0.0687. The van der Waals surface area contributed by atoms with Crippen LogP contribution in [0.3, 0.4) is 0 Å². The number of nitrogens with one attached hydrogen (secondary N) is 2. The molecule has 0 radical (unpaired) electrons. The molecule has 2 rings (SSSR count). The standard InChI is InChI=1S/C20H29ClN4O/c1-14-17(12-22-10-11-23-19(26)20(3,4)5)15(2)25(24-14)13-16-8-6-7-9-18(16)21/h6-9,22H,10-13H2,1-5H3,(H,23,26). The zero-order valence-electron chi connectivity index (χ0n) is 16.3. The van der Waals surface area contributed by atoms with Gasteiger partial charge in [-0.2, -0.15) is 5.10 Å². The molecule has 0 saturated heterocycles. The largest absolute Gasteiger partial charge is 0.354 e. The molecular weight excluding hydrogens is 348 g/mol. The molecule has 6 heteroatoms. The average molecular weight is 377 g/mol. The van der Waals surface area contributed by atoms with Gasteiger partial charge in [0.15, 0.2) is 0 Å². The lowest BCUT2D eigenvalue weighted by Crippen LogP contribution is -2.38. The van der Waals surface area contributed by atoms with Crippen molar-refractivity contribution in [2.24, 2.45) is 5.41 Å². The lowest BCUT2D eigenvalue weighted by atomic mass is 9.96. The van der Waals surface area contributed by atoms with Crippen LogP contribution in [0.1, 0.15) is 43.3 Å². The Labute approximate surface area is 161 Å². The van der Waals surface area contributed by atoms with E-state index in [0.29, 0.717) is 13.1 Å². The van der Waals surface area contributed by atoms with Crippen LogP contribution in [0.5, 0.6) is 0 Å². The molecule has 2 aromatic rings. The number of aromatic nitrogens is 2. The van der Waals surface area contributed by atoms with Crippen LogP contribution in [0.25, 0.3) is 0 Å². The van der Waals surface area contributed by atoms with Gasteiger partial charge in [-0.25, -0.2) is 0 Å². The maximum absolute atomic E-state index is 11.8. The Morgan fingerprint density at radius 1 is 1.19 bits per heavy atom. The van der Waals surface area contributed by atoms with Crippen molar-refractivity contribution >= 4 is 17.5 Å². The van der Waals surface area contributed by atoms with E-state index in [-0.39, 0.29) is 11.3 Å². The fraction of sp³-hybridized carbons (Fsp3) is 0.500. The van der Waals surface area contributed by atoms with Crippen molar-refractivity contribution in [1.82, 2.24) is 20.4 Å². The van der Waals surface area contributed by atoms with Gasteiger partial charge in [0.2, 0.25) is 5.91 Å². The number of halogens is 1. The molecule has 2 N–H and O–H groups in total.